The number of rotatable bonds is 4. The van der Waals surface area contributed by atoms with Crippen molar-refractivity contribution in [2.75, 3.05) is 11.5 Å². The van der Waals surface area contributed by atoms with Gasteiger partial charge in [0.1, 0.15) is 5.92 Å². The van der Waals surface area contributed by atoms with Gasteiger partial charge in [-0.05, 0) is 36.8 Å². The van der Waals surface area contributed by atoms with Gasteiger partial charge in [-0.25, -0.2) is 9.69 Å². The van der Waals surface area contributed by atoms with Crippen LogP contribution in [0.2, 0.25) is 10.0 Å². The van der Waals surface area contributed by atoms with Crippen LogP contribution in [0, 0.1) is 5.92 Å². The number of imide groups is 1. The van der Waals surface area contributed by atoms with Gasteiger partial charge in [0.05, 0.1) is 17.3 Å². The lowest BCUT2D eigenvalue weighted by atomic mass is 9.79. The molecular weight excluding hydrogens is 417 g/mol. The van der Waals surface area contributed by atoms with Crippen LogP contribution in [0.4, 0.5) is 5.69 Å². The minimum absolute atomic E-state index is 0.106. The van der Waals surface area contributed by atoms with Gasteiger partial charge in [0, 0.05) is 5.02 Å². The van der Waals surface area contributed by atoms with Gasteiger partial charge in [0.2, 0.25) is 5.91 Å². The van der Waals surface area contributed by atoms with Gasteiger partial charge in [-0.15, -0.1) is 0 Å². The van der Waals surface area contributed by atoms with Crippen molar-refractivity contribution in [3.63, 3.8) is 0 Å². The summed E-state index contributed by atoms with van der Waals surface area (Å²) in [6, 6.07) is 12.9. The number of para-hydroxylation sites is 1. The van der Waals surface area contributed by atoms with Crippen LogP contribution in [0.15, 0.2) is 53.6 Å². The molecule has 0 radical (unpaired) electrons. The third-order valence-electron chi connectivity index (χ3n) is 4.94. The van der Waals surface area contributed by atoms with E-state index in [0.29, 0.717) is 10.6 Å². The van der Waals surface area contributed by atoms with Crippen molar-refractivity contribution in [1.82, 2.24) is 5.43 Å². The van der Waals surface area contributed by atoms with E-state index in [2.05, 4.69) is 10.5 Å². The first-order valence-corrected chi connectivity index (χ1v) is 9.58. The Morgan fingerprint density at radius 2 is 1.86 bits per heavy atom. The minimum Gasteiger partial charge on any atom is -0.461 e. The smallest absolute Gasteiger partial charge is 0.355 e. The van der Waals surface area contributed by atoms with Gasteiger partial charge in [-0.2, -0.15) is 5.10 Å². The van der Waals surface area contributed by atoms with E-state index in [1.54, 1.807) is 55.5 Å². The van der Waals surface area contributed by atoms with Crippen LogP contribution in [-0.4, -0.2) is 30.1 Å². The summed E-state index contributed by atoms with van der Waals surface area (Å²) < 4.78 is 5.04. The number of fused-ring (bicyclic) bond motifs is 1. The summed E-state index contributed by atoms with van der Waals surface area (Å²) in [6.07, 6.45) is 0. The Labute approximate surface area is 176 Å². The van der Waals surface area contributed by atoms with E-state index in [4.69, 9.17) is 27.9 Å². The van der Waals surface area contributed by atoms with Crippen LogP contribution in [-0.2, 0) is 24.7 Å². The number of nitrogens with one attached hydrogen (secondary N) is 1. The first-order chi connectivity index (χ1) is 13.9. The van der Waals surface area contributed by atoms with E-state index in [-0.39, 0.29) is 23.0 Å². The Kier molecular flexibility index (Phi) is 4.80. The zero-order valence-electron chi connectivity index (χ0n) is 15.2. The predicted octanol–water partition coefficient (Wildman–Crippen LogP) is 2.90. The van der Waals surface area contributed by atoms with Crippen molar-refractivity contribution >= 4 is 52.4 Å². The zero-order chi connectivity index (χ0) is 20.8. The molecule has 9 heteroatoms. The highest BCUT2D eigenvalue weighted by Gasteiger charge is 2.67. The monoisotopic (exact) mass is 431 g/mol. The van der Waals surface area contributed by atoms with Crippen LogP contribution >= 0.6 is 23.2 Å². The van der Waals surface area contributed by atoms with Crippen LogP contribution in [0.1, 0.15) is 12.5 Å². The summed E-state index contributed by atoms with van der Waals surface area (Å²) in [4.78, 5) is 40.5. The van der Waals surface area contributed by atoms with E-state index < -0.39 is 29.2 Å². The summed E-state index contributed by atoms with van der Waals surface area (Å²) in [5.41, 5.74) is 1.67. The number of halogens is 2. The number of hydrogen-bond donors (Lipinski definition) is 1. The molecule has 148 valence electrons. The maximum absolute atomic E-state index is 13.6. The quantitative estimate of drug-likeness (QED) is 0.593. The maximum atomic E-state index is 13.6. The van der Waals surface area contributed by atoms with Gasteiger partial charge < -0.3 is 4.74 Å². The molecule has 2 aliphatic heterocycles. The molecule has 1 saturated heterocycles. The SMILES string of the molecule is CCOC(=O)C1=NN[C@@]2(c3ccc(Cl)cc3)C(=O)N(c3ccccc3Cl)C(=O)[C@H]12. The largest absolute Gasteiger partial charge is 0.461 e. The zero-order valence-corrected chi connectivity index (χ0v) is 16.7. The van der Waals surface area contributed by atoms with Gasteiger partial charge >= 0.3 is 5.97 Å². The number of hydrazone groups is 1. The van der Waals surface area contributed by atoms with E-state index in [9.17, 15) is 14.4 Å². The van der Waals surface area contributed by atoms with Crippen LogP contribution in [0.25, 0.3) is 0 Å². The van der Waals surface area contributed by atoms with Crippen LogP contribution < -0.4 is 10.3 Å². The third-order valence-corrected chi connectivity index (χ3v) is 5.52. The predicted molar refractivity (Wildman–Crippen MR) is 108 cm³/mol. The molecule has 2 heterocycles. The average molecular weight is 432 g/mol. The fourth-order valence-electron chi connectivity index (χ4n) is 3.66. The normalized spacial score (nSPS) is 22.9. The molecule has 1 N–H and O–H groups in total. The third kappa shape index (κ3) is 2.81. The molecule has 0 unspecified atom stereocenters. The molecule has 29 heavy (non-hydrogen) atoms. The molecule has 2 atom stereocenters. The number of carbonyl (C=O) groups is 3. The molecule has 1 fully saturated rings. The lowest BCUT2D eigenvalue weighted by Gasteiger charge is -2.26. The molecule has 0 spiro atoms. The fraction of sp³-hybridized carbons (Fsp3) is 0.200. The van der Waals surface area contributed by atoms with Gasteiger partial charge in [0.25, 0.3) is 5.91 Å². The number of anilines is 1. The van der Waals surface area contributed by atoms with Gasteiger partial charge in [0.15, 0.2) is 11.3 Å². The molecule has 2 amide bonds. The summed E-state index contributed by atoms with van der Waals surface area (Å²) in [5, 5.41) is 4.71. The molecule has 2 aromatic rings. The molecule has 7 nitrogen and oxygen atoms in total. The number of nitrogens with zero attached hydrogens (tertiary/aromatic N) is 2. The van der Waals surface area contributed by atoms with E-state index in [0.717, 1.165) is 4.90 Å². The first kappa shape index (κ1) is 19.4. The Hall–Kier alpha value is -2.90. The second-order valence-electron chi connectivity index (χ2n) is 6.51. The Morgan fingerprint density at radius 3 is 2.52 bits per heavy atom. The van der Waals surface area contributed by atoms with Crippen molar-refractivity contribution in [3.05, 3.63) is 64.1 Å². The number of ether oxygens (including phenoxy) is 1. The Bertz CT molecular complexity index is 1050. The van der Waals surface area contributed by atoms with Crippen molar-refractivity contribution in [2.24, 2.45) is 11.0 Å². The molecular formula is C20H15Cl2N3O4. The summed E-state index contributed by atoms with van der Waals surface area (Å²) in [6.45, 7) is 1.75. The van der Waals surface area contributed by atoms with Crippen LogP contribution in [0.5, 0.6) is 0 Å². The molecule has 0 saturated carbocycles. The highest BCUT2D eigenvalue weighted by Crippen LogP contribution is 2.46. The summed E-state index contributed by atoms with van der Waals surface area (Å²) >= 11 is 12.2. The number of carbonyl (C=O) groups excluding carboxylic acids is 3. The van der Waals surface area contributed by atoms with Crippen molar-refractivity contribution < 1.29 is 19.1 Å². The topological polar surface area (TPSA) is 88.1 Å². The average Bonchev–Trinajstić information content (AvgIpc) is 3.20. The Balaban J connectivity index is 1.89. The van der Waals surface area contributed by atoms with Crippen molar-refractivity contribution in [3.8, 4) is 0 Å². The van der Waals surface area contributed by atoms with E-state index in [1.807, 2.05) is 0 Å². The maximum Gasteiger partial charge on any atom is 0.355 e. The van der Waals surface area contributed by atoms with E-state index >= 15 is 0 Å². The first-order valence-electron chi connectivity index (χ1n) is 8.82. The van der Waals surface area contributed by atoms with Crippen molar-refractivity contribution in [1.29, 1.82) is 0 Å². The standard InChI is InChI=1S/C20H15Cl2N3O4/c1-2-29-18(27)16-15-17(26)25(14-6-4-3-5-13(14)22)19(28)20(15,24-23-16)11-7-9-12(21)10-8-11/h3-10,15,24H,2H2,1H3/t15-,20+/m0/s1. The van der Waals surface area contributed by atoms with Crippen LogP contribution in [0.3, 0.4) is 0 Å². The molecule has 2 aromatic carbocycles. The molecule has 0 bridgehead atoms. The van der Waals surface area contributed by atoms with Crippen molar-refractivity contribution in [2.45, 2.75) is 12.5 Å². The van der Waals surface area contributed by atoms with Gasteiger partial charge in [-0.3, -0.25) is 15.0 Å². The second-order valence-corrected chi connectivity index (χ2v) is 7.35. The molecule has 2 aliphatic rings. The minimum atomic E-state index is -1.59. The molecule has 0 aromatic heterocycles. The fourth-order valence-corrected chi connectivity index (χ4v) is 4.01. The highest BCUT2D eigenvalue weighted by atomic mass is 35.5. The Morgan fingerprint density at radius 1 is 1.17 bits per heavy atom. The number of benzene rings is 2. The number of hydrogen-bond acceptors (Lipinski definition) is 6. The van der Waals surface area contributed by atoms with Gasteiger partial charge in [-0.1, -0.05) is 47.5 Å². The van der Waals surface area contributed by atoms with E-state index in [1.165, 1.54) is 0 Å². The molecule has 0 aliphatic carbocycles. The number of amides is 2. The second kappa shape index (κ2) is 7.17. The lowest BCUT2D eigenvalue weighted by Crippen LogP contribution is -2.48. The number of esters is 1. The highest BCUT2D eigenvalue weighted by molar-refractivity contribution is 6.48. The summed E-state index contributed by atoms with van der Waals surface area (Å²) in [7, 11) is 0. The molecule has 4 rings (SSSR count). The summed E-state index contributed by atoms with van der Waals surface area (Å²) in [5.74, 6) is -3.17. The lowest BCUT2D eigenvalue weighted by molar-refractivity contribution is -0.136.